The molecule has 7 heteroatoms. The van der Waals surface area contributed by atoms with Crippen LogP contribution in [0.2, 0.25) is 0 Å². The number of hydrogen-bond acceptors (Lipinski definition) is 5. The van der Waals surface area contributed by atoms with Crippen LogP contribution in [0.1, 0.15) is 35.9 Å². The average molecular weight is 344 g/mol. The van der Waals surface area contributed by atoms with Crippen molar-refractivity contribution >= 4 is 5.91 Å². The predicted octanol–water partition coefficient (Wildman–Crippen LogP) is 1.50. The lowest BCUT2D eigenvalue weighted by atomic mass is 9.77. The lowest BCUT2D eigenvalue weighted by Gasteiger charge is -2.35. The molecule has 0 bridgehead atoms. The molecule has 0 spiro atoms. The van der Waals surface area contributed by atoms with Crippen molar-refractivity contribution in [2.45, 2.75) is 45.3 Å². The van der Waals surface area contributed by atoms with Crippen LogP contribution < -0.4 is 0 Å². The Kier molecular flexibility index (Phi) is 4.11. The van der Waals surface area contributed by atoms with Crippen molar-refractivity contribution in [2.75, 3.05) is 13.1 Å². The molecule has 1 aliphatic carbocycles. The Morgan fingerprint density at radius 1 is 1.32 bits per heavy atom. The SMILES string of the molecule is Cc1noc(C)c1CC(=O)N1C[C@H]2C[C@@H](n3ccnc3)[C@H](O)C[C@H]2C1. The first-order valence-electron chi connectivity index (χ1n) is 8.88. The Morgan fingerprint density at radius 3 is 2.72 bits per heavy atom. The molecule has 4 atom stereocenters. The molecular weight excluding hydrogens is 320 g/mol. The molecule has 2 aromatic heterocycles. The fourth-order valence-corrected chi connectivity index (χ4v) is 4.41. The highest BCUT2D eigenvalue weighted by molar-refractivity contribution is 5.79. The summed E-state index contributed by atoms with van der Waals surface area (Å²) in [5.41, 5.74) is 1.69. The summed E-state index contributed by atoms with van der Waals surface area (Å²) in [6.45, 7) is 5.22. The van der Waals surface area contributed by atoms with Crippen LogP contribution in [0.15, 0.2) is 23.2 Å². The van der Waals surface area contributed by atoms with E-state index >= 15 is 0 Å². The van der Waals surface area contributed by atoms with Gasteiger partial charge in [-0.15, -0.1) is 0 Å². The van der Waals surface area contributed by atoms with E-state index in [4.69, 9.17) is 4.52 Å². The van der Waals surface area contributed by atoms with Crippen LogP contribution in [0.5, 0.6) is 0 Å². The van der Waals surface area contributed by atoms with Gasteiger partial charge in [0.1, 0.15) is 5.76 Å². The molecule has 0 unspecified atom stereocenters. The smallest absolute Gasteiger partial charge is 0.227 e. The molecular formula is C18H24N4O3. The molecule has 1 saturated heterocycles. The molecule has 25 heavy (non-hydrogen) atoms. The Morgan fingerprint density at radius 2 is 2.08 bits per heavy atom. The van der Waals surface area contributed by atoms with Gasteiger partial charge in [0, 0.05) is 31.0 Å². The van der Waals surface area contributed by atoms with Gasteiger partial charge in [0.05, 0.1) is 30.6 Å². The fourth-order valence-electron chi connectivity index (χ4n) is 4.41. The van der Waals surface area contributed by atoms with Crippen molar-refractivity contribution in [3.05, 3.63) is 35.7 Å². The molecule has 2 aliphatic rings. The van der Waals surface area contributed by atoms with Crippen LogP contribution in [-0.2, 0) is 11.2 Å². The number of fused-ring (bicyclic) bond motifs is 1. The van der Waals surface area contributed by atoms with E-state index in [0.717, 1.165) is 42.9 Å². The molecule has 1 N–H and O–H groups in total. The third-order valence-electron chi connectivity index (χ3n) is 5.88. The van der Waals surface area contributed by atoms with Gasteiger partial charge in [-0.2, -0.15) is 0 Å². The Hall–Kier alpha value is -2.15. The highest BCUT2D eigenvalue weighted by Crippen LogP contribution is 2.41. The van der Waals surface area contributed by atoms with E-state index in [9.17, 15) is 9.90 Å². The first kappa shape index (κ1) is 16.3. The van der Waals surface area contributed by atoms with Crippen LogP contribution in [0.4, 0.5) is 0 Å². The van der Waals surface area contributed by atoms with E-state index in [-0.39, 0.29) is 18.1 Å². The summed E-state index contributed by atoms with van der Waals surface area (Å²) < 4.78 is 7.16. The van der Waals surface area contributed by atoms with Gasteiger partial charge in [0.25, 0.3) is 0 Å². The first-order chi connectivity index (χ1) is 12.0. The van der Waals surface area contributed by atoms with Gasteiger partial charge in [-0.1, -0.05) is 5.16 Å². The van der Waals surface area contributed by atoms with Gasteiger partial charge in [-0.3, -0.25) is 4.79 Å². The lowest BCUT2D eigenvalue weighted by Crippen LogP contribution is -2.35. The van der Waals surface area contributed by atoms with Crippen molar-refractivity contribution in [3.63, 3.8) is 0 Å². The number of aromatic nitrogens is 3. The third kappa shape index (κ3) is 2.97. The van der Waals surface area contributed by atoms with E-state index in [0.29, 0.717) is 18.3 Å². The summed E-state index contributed by atoms with van der Waals surface area (Å²) in [4.78, 5) is 18.8. The minimum atomic E-state index is -0.381. The number of aryl methyl sites for hydroxylation is 2. The Labute approximate surface area is 146 Å². The summed E-state index contributed by atoms with van der Waals surface area (Å²) in [5.74, 6) is 1.66. The molecule has 4 rings (SSSR count). The zero-order valence-corrected chi connectivity index (χ0v) is 14.6. The Bertz CT molecular complexity index is 735. The predicted molar refractivity (Wildman–Crippen MR) is 89.7 cm³/mol. The molecule has 3 heterocycles. The highest BCUT2D eigenvalue weighted by atomic mass is 16.5. The summed E-state index contributed by atoms with van der Waals surface area (Å²) in [6, 6.07) is 0.0568. The number of imidazole rings is 1. The second kappa shape index (κ2) is 6.29. The molecule has 1 aliphatic heterocycles. The summed E-state index contributed by atoms with van der Waals surface area (Å²) in [6.07, 6.45) is 7.00. The number of carbonyl (C=O) groups is 1. The fraction of sp³-hybridized carbons (Fsp3) is 0.611. The van der Waals surface area contributed by atoms with Gasteiger partial charge in [-0.25, -0.2) is 4.98 Å². The molecule has 1 amide bonds. The number of amides is 1. The molecule has 134 valence electrons. The molecule has 2 aromatic rings. The lowest BCUT2D eigenvalue weighted by molar-refractivity contribution is -0.129. The van der Waals surface area contributed by atoms with Crippen molar-refractivity contribution in [1.29, 1.82) is 0 Å². The monoisotopic (exact) mass is 344 g/mol. The molecule has 0 radical (unpaired) electrons. The maximum atomic E-state index is 12.7. The standard InChI is InChI=1S/C18H24N4O3/c1-11-15(12(2)25-20-11)7-18(24)22-8-13-5-16(21-4-3-19-10-21)17(23)6-14(13)9-22/h3-4,10,13-14,16-17,23H,5-9H2,1-2H3/t13-,14+,16-,17-/m1/s1. The van der Waals surface area contributed by atoms with Gasteiger partial charge in [0.15, 0.2) is 0 Å². The summed E-state index contributed by atoms with van der Waals surface area (Å²) >= 11 is 0. The number of carbonyl (C=O) groups excluding carboxylic acids is 1. The van der Waals surface area contributed by atoms with E-state index in [1.165, 1.54) is 0 Å². The second-order valence-corrected chi connectivity index (χ2v) is 7.41. The largest absolute Gasteiger partial charge is 0.391 e. The number of hydrogen-bond donors (Lipinski definition) is 1. The number of aliphatic hydroxyl groups excluding tert-OH is 1. The first-order valence-corrected chi connectivity index (χ1v) is 8.88. The van der Waals surface area contributed by atoms with Crippen LogP contribution in [0.25, 0.3) is 0 Å². The summed E-state index contributed by atoms with van der Waals surface area (Å²) in [7, 11) is 0. The van der Waals surface area contributed by atoms with Crippen LogP contribution in [0.3, 0.4) is 0 Å². The van der Waals surface area contributed by atoms with E-state index in [1.807, 2.05) is 29.5 Å². The number of likely N-dealkylation sites (tertiary alicyclic amines) is 1. The van der Waals surface area contributed by atoms with Crippen LogP contribution in [-0.4, -0.2) is 49.8 Å². The van der Waals surface area contributed by atoms with Gasteiger partial charge in [-0.05, 0) is 38.5 Å². The van der Waals surface area contributed by atoms with Gasteiger partial charge >= 0.3 is 0 Å². The van der Waals surface area contributed by atoms with E-state index in [2.05, 4.69) is 10.1 Å². The van der Waals surface area contributed by atoms with E-state index in [1.54, 1.807) is 12.5 Å². The summed E-state index contributed by atoms with van der Waals surface area (Å²) in [5, 5.41) is 14.4. The third-order valence-corrected chi connectivity index (χ3v) is 5.88. The van der Waals surface area contributed by atoms with Crippen molar-refractivity contribution in [1.82, 2.24) is 19.6 Å². The zero-order chi connectivity index (χ0) is 17.6. The molecule has 0 aromatic carbocycles. The van der Waals surface area contributed by atoms with Crippen molar-refractivity contribution in [2.24, 2.45) is 11.8 Å². The number of nitrogens with zero attached hydrogens (tertiary/aromatic N) is 4. The highest BCUT2D eigenvalue weighted by Gasteiger charge is 2.43. The minimum Gasteiger partial charge on any atom is -0.391 e. The van der Waals surface area contributed by atoms with Gasteiger partial charge in [0.2, 0.25) is 5.91 Å². The second-order valence-electron chi connectivity index (χ2n) is 7.41. The maximum absolute atomic E-state index is 12.7. The quantitative estimate of drug-likeness (QED) is 0.912. The normalized spacial score (nSPS) is 29.0. The molecule has 1 saturated carbocycles. The topological polar surface area (TPSA) is 84.4 Å². The molecule has 7 nitrogen and oxygen atoms in total. The average Bonchev–Trinajstić information content (AvgIpc) is 3.30. The maximum Gasteiger partial charge on any atom is 0.227 e. The van der Waals surface area contributed by atoms with E-state index < -0.39 is 0 Å². The van der Waals surface area contributed by atoms with Crippen molar-refractivity contribution in [3.8, 4) is 0 Å². The van der Waals surface area contributed by atoms with Crippen LogP contribution in [0, 0.1) is 25.7 Å². The molecule has 2 fully saturated rings. The van der Waals surface area contributed by atoms with Gasteiger partial charge < -0.3 is 19.1 Å². The number of rotatable bonds is 3. The Balaban J connectivity index is 1.43. The zero-order valence-electron chi connectivity index (χ0n) is 14.6. The number of aliphatic hydroxyl groups is 1. The van der Waals surface area contributed by atoms with Crippen molar-refractivity contribution < 1.29 is 14.4 Å². The minimum absolute atomic E-state index is 0.0568. The van der Waals surface area contributed by atoms with Crippen LogP contribution >= 0.6 is 0 Å².